The maximum absolute atomic E-state index is 11.7. The van der Waals surface area contributed by atoms with Crippen molar-refractivity contribution in [2.45, 2.75) is 19.1 Å². The molecule has 1 aliphatic heterocycles. The Bertz CT molecular complexity index is 939. The Kier molecular flexibility index (Phi) is 5.13. The molecule has 27 heavy (non-hydrogen) atoms. The van der Waals surface area contributed by atoms with E-state index in [9.17, 15) is 4.79 Å². The number of carbonyl (C=O) groups excluding carboxylic acids is 1. The number of para-hydroxylation sites is 1. The zero-order valence-electron chi connectivity index (χ0n) is 15.3. The first-order chi connectivity index (χ1) is 13.2. The number of pyridine rings is 1. The molecule has 1 amide bonds. The van der Waals surface area contributed by atoms with Crippen molar-refractivity contribution in [3.8, 4) is 0 Å². The third-order valence-corrected chi connectivity index (χ3v) is 4.80. The molecule has 1 aliphatic rings. The number of hydrogen-bond acceptors (Lipinski definition) is 5. The van der Waals surface area contributed by atoms with Crippen LogP contribution in [-0.4, -0.2) is 52.4 Å². The Balaban J connectivity index is 1.47. The van der Waals surface area contributed by atoms with Crippen molar-refractivity contribution in [1.29, 1.82) is 0 Å². The summed E-state index contributed by atoms with van der Waals surface area (Å²) in [5.74, 6) is -0.112. The van der Waals surface area contributed by atoms with Gasteiger partial charge < -0.3 is 10.1 Å². The molecule has 0 bridgehead atoms. The number of fused-ring (bicyclic) bond motifs is 2. The fourth-order valence-electron chi connectivity index (χ4n) is 3.58. The van der Waals surface area contributed by atoms with E-state index in [2.05, 4.69) is 33.5 Å². The van der Waals surface area contributed by atoms with Gasteiger partial charge in [-0.05, 0) is 18.2 Å². The molecule has 0 saturated carbocycles. The third-order valence-electron chi connectivity index (χ3n) is 4.80. The molecule has 3 aromatic rings. The van der Waals surface area contributed by atoms with E-state index in [0.717, 1.165) is 41.9 Å². The van der Waals surface area contributed by atoms with Gasteiger partial charge in [-0.2, -0.15) is 5.10 Å². The molecule has 0 spiro atoms. The minimum Gasteiger partial charge on any atom is -0.375 e. The molecule has 0 fully saturated rings. The summed E-state index contributed by atoms with van der Waals surface area (Å²) in [5, 5.41) is 8.51. The average molecular weight is 365 g/mol. The Morgan fingerprint density at radius 1 is 1.26 bits per heavy atom. The molecule has 4 rings (SSSR count). The molecule has 1 atom stereocenters. The first-order valence-corrected chi connectivity index (χ1v) is 9.08. The zero-order valence-corrected chi connectivity index (χ0v) is 15.3. The lowest BCUT2D eigenvalue weighted by Gasteiger charge is -2.33. The maximum Gasteiger partial charge on any atom is 0.246 e. The molecular formula is C20H23N5O2. The number of aromatic nitrogens is 3. The second kappa shape index (κ2) is 7.85. The number of benzene rings is 1. The number of nitrogens with one attached hydrogen (secondary N) is 1. The van der Waals surface area contributed by atoms with E-state index in [1.165, 1.54) is 7.11 Å². The van der Waals surface area contributed by atoms with Crippen LogP contribution < -0.4 is 5.32 Å². The highest BCUT2D eigenvalue weighted by atomic mass is 16.5. The van der Waals surface area contributed by atoms with Gasteiger partial charge in [-0.1, -0.05) is 24.3 Å². The predicted molar refractivity (Wildman–Crippen MR) is 102 cm³/mol. The van der Waals surface area contributed by atoms with Gasteiger partial charge in [0.1, 0.15) is 6.61 Å². The summed E-state index contributed by atoms with van der Waals surface area (Å²) in [4.78, 5) is 18.9. The van der Waals surface area contributed by atoms with Gasteiger partial charge in [0.2, 0.25) is 5.91 Å². The highest BCUT2D eigenvalue weighted by Crippen LogP contribution is 2.22. The summed E-state index contributed by atoms with van der Waals surface area (Å²) in [6, 6.07) is 14.5. The summed E-state index contributed by atoms with van der Waals surface area (Å²) in [5.41, 5.74) is 3.21. The minimum absolute atomic E-state index is 0.0728. The Morgan fingerprint density at radius 2 is 2.15 bits per heavy atom. The van der Waals surface area contributed by atoms with Gasteiger partial charge in [0.25, 0.3) is 0 Å². The predicted octanol–water partition coefficient (Wildman–Crippen LogP) is 1.75. The van der Waals surface area contributed by atoms with E-state index in [1.54, 1.807) is 0 Å². The zero-order chi connectivity index (χ0) is 18.6. The van der Waals surface area contributed by atoms with E-state index in [0.29, 0.717) is 6.54 Å². The van der Waals surface area contributed by atoms with Crippen LogP contribution >= 0.6 is 0 Å². The summed E-state index contributed by atoms with van der Waals surface area (Å²) in [6.07, 6.45) is 1.82. The van der Waals surface area contributed by atoms with Crippen molar-refractivity contribution in [2.24, 2.45) is 0 Å². The largest absolute Gasteiger partial charge is 0.375 e. The number of methoxy groups -OCH3 is 1. The minimum atomic E-state index is -0.112. The topological polar surface area (TPSA) is 72.3 Å². The lowest BCUT2D eigenvalue weighted by atomic mass is 10.1. The lowest BCUT2D eigenvalue weighted by Crippen LogP contribution is -2.43. The van der Waals surface area contributed by atoms with Crippen LogP contribution in [-0.2, 0) is 22.6 Å². The van der Waals surface area contributed by atoms with Gasteiger partial charge in [-0.3, -0.25) is 19.4 Å². The molecule has 140 valence electrons. The van der Waals surface area contributed by atoms with Crippen LogP contribution in [0.15, 0.2) is 48.7 Å². The highest BCUT2D eigenvalue weighted by molar-refractivity contribution is 5.78. The van der Waals surface area contributed by atoms with Crippen LogP contribution in [0.5, 0.6) is 0 Å². The van der Waals surface area contributed by atoms with Gasteiger partial charge in [0.15, 0.2) is 0 Å². The molecule has 0 radical (unpaired) electrons. The molecular weight excluding hydrogens is 342 g/mol. The van der Waals surface area contributed by atoms with Crippen molar-refractivity contribution < 1.29 is 9.53 Å². The Hall–Kier alpha value is -2.77. The Labute approximate surface area is 157 Å². The van der Waals surface area contributed by atoms with Crippen LogP contribution in [0.4, 0.5) is 0 Å². The Morgan fingerprint density at radius 3 is 3.04 bits per heavy atom. The first kappa shape index (κ1) is 17.6. The molecule has 7 heteroatoms. The van der Waals surface area contributed by atoms with E-state index in [1.807, 2.05) is 35.1 Å². The first-order valence-electron chi connectivity index (χ1n) is 9.08. The van der Waals surface area contributed by atoms with Crippen molar-refractivity contribution in [3.63, 3.8) is 0 Å². The maximum atomic E-state index is 11.7. The second-order valence-corrected chi connectivity index (χ2v) is 6.82. The number of hydrogen-bond donors (Lipinski definition) is 1. The molecule has 1 aromatic carbocycles. The van der Waals surface area contributed by atoms with Gasteiger partial charge in [0, 0.05) is 44.9 Å². The molecule has 1 N–H and O–H groups in total. The van der Waals surface area contributed by atoms with Gasteiger partial charge in [-0.15, -0.1) is 0 Å². The van der Waals surface area contributed by atoms with Crippen LogP contribution in [0.1, 0.15) is 17.4 Å². The van der Waals surface area contributed by atoms with Crippen LogP contribution in [0.25, 0.3) is 10.9 Å². The third kappa shape index (κ3) is 3.99. The standard InChI is InChI=1S/C20H23N5O2/c1-27-14-20(26)21-10-18-13-24(12-17-8-9-22-25(17)18)11-16-7-6-15-4-2-3-5-19(15)23-16/h2-9,18H,10-14H2,1H3,(H,21,26)/t18-/m0/s1. The van der Waals surface area contributed by atoms with Gasteiger partial charge in [0.05, 0.1) is 22.9 Å². The fraction of sp³-hybridized carbons (Fsp3) is 0.350. The van der Waals surface area contributed by atoms with Gasteiger partial charge in [-0.25, -0.2) is 0 Å². The molecule has 7 nitrogen and oxygen atoms in total. The second-order valence-electron chi connectivity index (χ2n) is 6.82. The number of amides is 1. The summed E-state index contributed by atoms with van der Waals surface area (Å²) >= 11 is 0. The number of rotatable bonds is 6. The monoisotopic (exact) mass is 365 g/mol. The molecule has 0 unspecified atom stereocenters. The van der Waals surface area contributed by atoms with E-state index >= 15 is 0 Å². The van der Waals surface area contributed by atoms with Crippen LogP contribution in [0.3, 0.4) is 0 Å². The summed E-state index contributed by atoms with van der Waals surface area (Å²) < 4.78 is 6.89. The van der Waals surface area contributed by atoms with E-state index < -0.39 is 0 Å². The average Bonchev–Trinajstić information content (AvgIpc) is 3.15. The summed E-state index contributed by atoms with van der Waals surface area (Å²) in [6.45, 7) is 2.98. The highest BCUT2D eigenvalue weighted by Gasteiger charge is 2.26. The number of nitrogens with zero attached hydrogens (tertiary/aromatic N) is 4. The van der Waals surface area contributed by atoms with Crippen molar-refractivity contribution in [1.82, 2.24) is 25.0 Å². The number of carbonyl (C=O) groups is 1. The fourth-order valence-corrected chi connectivity index (χ4v) is 3.58. The normalized spacial score (nSPS) is 17.0. The number of ether oxygens (including phenoxy) is 1. The molecule has 3 heterocycles. The van der Waals surface area contributed by atoms with Crippen LogP contribution in [0.2, 0.25) is 0 Å². The molecule has 0 aliphatic carbocycles. The SMILES string of the molecule is COCC(=O)NC[C@H]1CN(Cc2ccc3ccccc3n2)Cc2ccnn21. The summed E-state index contributed by atoms with van der Waals surface area (Å²) in [7, 11) is 1.52. The van der Waals surface area contributed by atoms with Gasteiger partial charge >= 0.3 is 0 Å². The lowest BCUT2D eigenvalue weighted by molar-refractivity contribution is -0.124. The smallest absolute Gasteiger partial charge is 0.246 e. The van der Waals surface area contributed by atoms with Crippen molar-refractivity contribution >= 4 is 16.8 Å². The molecule has 2 aromatic heterocycles. The van der Waals surface area contributed by atoms with Crippen LogP contribution in [0, 0.1) is 0 Å². The van der Waals surface area contributed by atoms with E-state index in [4.69, 9.17) is 9.72 Å². The van der Waals surface area contributed by atoms with Crippen molar-refractivity contribution in [3.05, 3.63) is 60.0 Å². The van der Waals surface area contributed by atoms with E-state index in [-0.39, 0.29) is 18.6 Å². The molecule has 0 saturated heterocycles. The van der Waals surface area contributed by atoms with Crippen molar-refractivity contribution in [2.75, 3.05) is 26.8 Å². The quantitative estimate of drug-likeness (QED) is 0.721.